The lowest BCUT2D eigenvalue weighted by Gasteiger charge is -2.07. The molecule has 108 valence electrons. The van der Waals surface area contributed by atoms with Gasteiger partial charge in [0.25, 0.3) is 5.91 Å². The lowest BCUT2D eigenvalue weighted by Crippen LogP contribution is -2.22. The molecule has 0 aliphatic carbocycles. The molecule has 4 nitrogen and oxygen atoms in total. The minimum Gasteiger partial charge on any atom is -0.454 e. The van der Waals surface area contributed by atoms with E-state index in [4.69, 9.17) is 21.1 Å². The second-order valence-electron chi connectivity index (χ2n) is 4.86. The third kappa shape index (κ3) is 2.95. The Balaban J connectivity index is 1.71. The van der Waals surface area contributed by atoms with Crippen LogP contribution in [-0.4, -0.2) is 12.7 Å². The van der Waals surface area contributed by atoms with Gasteiger partial charge in [0, 0.05) is 12.1 Å². The number of rotatable bonds is 3. The molecule has 0 radical (unpaired) electrons. The van der Waals surface area contributed by atoms with E-state index in [1.165, 1.54) is 5.56 Å². The molecule has 0 spiro atoms. The van der Waals surface area contributed by atoms with Gasteiger partial charge < -0.3 is 14.8 Å². The number of amides is 1. The summed E-state index contributed by atoms with van der Waals surface area (Å²) in [6.07, 6.45) is 0. The van der Waals surface area contributed by atoms with Crippen molar-refractivity contribution in [3.05, 3.63) is 58.1 Å². The van der Waals surface area contributed by atoms with Crippen molar-refractivity contribution in [3.63, 3.8) is 0 Å². The summed E-state index contributed by atoms with van der Waals surface area (Å²) in [5.74, 6) is 0.797. The molecule has 0 fully saturated rings. The smallest absolute Gasteiger partial charge is 0.251 e. The zero-order valence-corrected chi connectivity index (χ0v) is 12.2. The molecule has 0 saturated heterocycles. The Morgan fingerprint density at radius 2 is 2.00 bits per heavy atom. The largest absolute Gasteiger partial charge is 0.454 e. The maximum absolute atomic E-state index is 12.2. The molecule has 0 aromatic heterocycles. The van der Waals surface area contributed by atoms with Crippen LogP contribution < -0.4 is 14.8 Å². The van der Waals surface area contributed by atoms with E-state index in [2.05, 4.69) is 5.32 Å². The molecule has 1 amide bonds. The second kappa shape index (κ2) is 5.66. The van der Waals surface area contributed by atoms with Crippen LogP contribution in [0.15, 0.2) is 36.4 Å². The molecule has 0 atom stereocenters. The van der Waals surface area contributed by atoms with E-state index in [0.29, 0.717) is 28.6 Å². The fraction of sp³-hybridized carbons (Fsp3) is 0.188. The molecule has 1 heterocycles. The highest BCUT2D eigenvalue weighted by Gasteiger charge is 2.20. The first-order valence-electron chi connectivity index (χ1n) is 6.56. The number of halogens is 1. The van der Waals surface area contributed by atoms with Gasteiger partial charge in [-0.05, 0) is 24.6 Å². The number of fused-ring (bicyclic) bond motifs is 1. The molecule has 0 bridgehead atoms. The normalized spacial score (nSPS) is 12.3. The Hall–Kier alpha value is -2.20. The van der Waals surface area contributed by atoms with Crippen molar-refractivity contribution in [2.24, 2.45) is 0 Å². The van der Waals surface area contributed by atoms with Crippen LogP contribution in [0.1, 0.15) is 21.5 Å². The van der Waals surface area contributed by atoms with Crippen LogP contribution in [0.4, 0.5) is 0 Å². The molecule has 2 aromatic carbocycles. The number of carbonyl (C=O) groups excluding carboxylic acids is 1. The monoisotopic (exact) mass is 303 g/mol. The summed E-state index contributed by atoms with van der Waals surface area (Å²) in [7, 11) is 0. The highest BCUT2D eigenvalue weighted by molar-refractivity contribution is 6.32. The van der Waals surface area contributed by atoms with E-state index in [9.17, 15) is 4.79 Å². The summed E-state index contributed by atoms with van der Waals surface area (Å²) >= 11 is 6.07. The van der Waals surface area contributed by atoms with Crippen LogP contribution in [0.2, 0.25) is 5.02 Å². The van der Waals surface area contributed by atoms with Gasteiger partial charge in [0.05, 0.1) is 5.02 Å². The van der Waals surface area contributed by atoms with Gasteiger partial charge in [0.2, 0.25) is 6.79 Å². The number of aryl methyl sites for hydroxylation is 1. The van der Waals surface area contributed by atoms with Crippen LogP contribution in [0, 0.1) is 6.92 Å². The number of hydrogen-bond acceptors (Lipinski definition) is 3. The van der Waals surface area contributed by atoms with E-state index in [1.807, 2.05) is 31.2 Å². The van der Waals surface area contributed by atoms with Gasteiger partial charge in [-0.3, -0.25) is 4.79 Å². The molecular formula is C16H14ClNO3. The fourth-order valence-electron chi connectivity index (χ4n) is 2.09. The van der Waals surface area contributed by atoms with Gasteiger partial charge >= 0.3 is 0 Å². The van der Waals surface area contributed by atoms with Crippen LogP contribution in [0.3, 0.4) is 0 Å². The summed E-state index contributed by atoms with van der Waals surface area (Å²) < 4.78 is 10.5. The van der Waals surface area contributed by atoms with Gasteiger partial charge in [0.1, 0.15) is 0 Å². The quantitative estimate of drug-likeness (QED) is 0.946. The predicted octanol–water partition coefficient (Wildman–Crippen LogP) is 3.31. The van der Waals surface area contributed by atoms with Crippen molar-refractivity contribution in [3.8, 4) is 11.5 Å². The van der Waals surface area contributed by atoms with E-state index in [1.54, 1.807) is 12.1 Å². The predicted molar refractivity (Wildman–Crippen MR) is 79.9 cm³/mol. The van der Waals surface area contributed by atoms with E-state index >= 15 is 0 Å². The Labute approximate surface area is 127 Å². The summed E-state index contributed by atoms with van der Waals surface area (Å²) in [4.78, 5) is 12.2. The lowest BCUT2D eigenvalue weighted by atomic mass is 10.1. The molecule has 1 aliphatic rings. The Bertz CT molecular complexity index is 683. The number of hydrogen-bond donors (Lipinski definition) is 1. The molecular weight excluding hydrogens is 290 g/mol. The zero-order valence-electron chi connectivity index (χ0n) is 11.5. The van der Waals surface area contributed by atoms with Crippen LogP contribution in [0.5, 0.6) is 11.5 Å². The summed E-state index contributed by atoms with van der Waals surface area (Å²) in [6, 6.07) is 11.2. The molecule has 0 saturated carbocycles. The molecule has 1 aliphatic heterocycles. The summed E-state index contributed by atoms with van der Waals surface area (Å²) in [5.41, 5.74) is 2.68. The number of ether oxygens (including phenoxy) is 2. The standard InChI is InChI=1S/C16H14ClNO3/c1-10-2-4-11(5-3-10)8-18-16(19)12-6-13(17)15-14(7-12)20-9-21-15/h2-7H,8-9H2,1H3,(H,18,19). The summed E-state index contributed by atoms with van der Waals surface area (Å²) in [5, 5.41) is 3.24. The maximum atomic E-state index is 12.2. The highest BCUT2D eigenvalue weighted by Crippen LogP contribution is 2.39. The maximum Gasteiger partial charge on any atom is 0.251 e. The van der Waals surface area contributed by atoms with Crippen molar-refractivity contribution >= 4 is 17.5 Å². The third-order valence-corrected chi connectivity index (χ3v) is 3.54. The van der Waals surface area contributed by atoms with Crippen molar-refractivity contribution in [1.29, 1.82) is 0 Å². The summed E-state index contributed by atoms with van der Waals surface area (Å²) in [6.45, 7) is 2.62. The first-order valence-corrected chi connectivity index (χ1v) is 6.94. The van der Waals surface area contributed by atoms with Crippen molar-refractivity contribution < 1.29 is 14.3 Å². The van der Waals surface area contributed by atoms with Gasteiger partial charge in [-0.15, -0.1) is 0 Å². The van der Waals surface area contributed by atoms with Crippen LogP contribution in [0.25, 0.3) is 0 Å². The molecule has 1 N–H and O–H groups in total. The lowest BCUT2D eigenvalue weighted by molar-refractivity contribution is 0.0950. The van der Waals surface area contributed by atoms with E-state index in [0.717, 1.165) is 5.56 Å². The Morgan fingerprint density at radius 3 is 2.76 bits per heavy atom. The minimum absolute atomic E-state index is 0.128. The van der Waals surface area contributed by atoms with Gasteiger partial charge in [-0.2, -0.15) is 0 Å². The molecule has 5 heteroatoms. The van der Waals surface area contributed by atoms with Crippen molar-refractivity contribution in [1.82, 2.24) is 5.32 Å². The number of nitrogens with one attached hydrogen (secondary N) is 1. The zero-order chi connectivity index (χ0) is 14.8. The van der Waals surface area contributed by atoms with Gasteiger partial charge in [0.15, 0.2) is 11.5 Å². The second-order valence-corrected chi connectivity index (χ2v) is 5.27. The molecule has 21 heavy (non-hydrogen) atoms. The van der Waals surface area contributed by atoms with Crippen LogP contribution >= 0.6 is 11.6 Å². The topological polar surface area (TPSA) is 47.6 Å². The molecule has 0 unspecified atom stereocenters. The molecule has 3 rings (SSSR count). The SMILES string of the molecule is Cc1ccc(CNC(=O)c2cc(Cl)c3c(c2)OCO3)cc1. The Kier molecular flexibility index (Phi) is 3.71. The first-order chi connectivity index (χ1) is 10.1. The fourth-order valence-corrected chi connectivity index (χ4v) is 2.35. The van der Waals surface area contributed by atoms with Crippen molar-refractivity contribution in [2.45, 2.75) is 13.5 Å². The van der Waals surface area contributed by atoms with Crippen LogP contribution in [-0.2, 0) is 6.54 Å². The number of benzene rings is 2. The third-order valence-electron chi connectivity index (χ3n) is 3.26. The molecule has 2 aromatic rings. The van der Waals surface area contributed by atoms with Crippen molar-refractivity contribution in [2.75, 3.05) is 6.79 Å². The van der Waals surface area contributed by atoms with E-state index < -0.39 is 0 Å². The average Bonchev–Trinajstić information content (AvgIpc) is 2.95. The number of carbonyl (C=O) groups is 1. The Morgan fingerprint density at radius 1 is 1.24 bits per heavy atom. The van der Waals surface area contributed by atoms with Gasteiger partial charge in [-0.25, -0.2) is 0 Å². The van der Waals surface area contributed by atoms with Gasteiger partial charge in [-0.1, -0.05) is 41.4 Å². The van der Waals surface area contributed by atoms with E-state index in [-0.39, 0.29) is 12.7 Å². The highest BCUT2D eigenvalue weighted by atomic mass is 35.5. The first kappa shape index (κ1) is 13.8. The average molecular weight is 304 g/mol. The minimum atomic E-state index is -0.198.